The van der Waals surface area contributed by atoms with Gasteiger partial charge in [0.25, 0.3) is 5.91 Å². The smallest absolute Gasteiger partial charge is 0.350 e. The minimum Gasteiger partial charge on any atom is -0.350 e. The molecular formula is C23H25ClF3N3O2. The van der Waals surface area contributed by atoms with Crippen LogP contribution >= 0.6 is 11.6 Å². The molecule has 1 saturated carbocycles. The SMILES string of the molecule is O=C(CNC(=O)c1cccc(C(F)(F)F)c1)N[C@@H]1CCCC[C@@H]1NCc1ccc(Cl)cc1. The molecule has 0 aromatic heterocycles. The first-order valence-electron chi connectivity index (χ1n) is 10.4. The third kappa shape index (κ3) is 6.97. The van der Waals surface area contributed by atoms with Crippen molar-refractivity contribution in [2.75, 3.05) is 6.54 Å². The number of nitrogens with one attached hydrogen (secondary N) is 3. The van der Waals surface area contributed by atoms with Gasteiger partial charge in [0.1, 0.15) is 0 Å². The lowest BCUT2D eigenvalue weighted by Gasteiger charge is -2.33. The van der Waals surface area contributed by atoms with Gasteiger partial charge < -0.3 is 16.0 Å². The highest BCUT2D eigenvalue weighted by Crippen LogP contribution is 2.29. The molecule has 1 aliphatic rings. The molecule has 0 bridgehead atoms. The topological polar surface area (TPSA) is 70.2 Å². The van der Waals surface area contributed by atoms with E-state index in [-0.39, 0.29) is 30.1 Å². The Morgan fingerprint density at radius 3 is 2.38 bits per heavy atom. The fourth-order valence-corrected chi connectivity index (χ4v) is 3.88. The van der Waals surface area contributed by atoms with Gasteiger partial charge in [0.15, 0.2) is 0 Å². The Morgan fingerprint density at radius 2 is 1.69 bits per heavy atom. The summed E-state index contributed by atoms with van der Waals surface area (Å²) in [5, 5.41) is 9.48. The van der Waals surface area contributed by atoms with Gasteiger partial charge in [-0.25, -0.2) is 0 Å². The molecule has 9 heteroatoms. The minimum atomic E-state index is -4.54. The maximum absolute atomic E-state index is 12.8. The van der Waals surface area contributed by atoms with Crippen molar-refractivity contribution in [3.8, 4) is 0 Å². The van der Waals surface area contributed by atoms with Crippen molar-refractivity contribution in [1.29, 1.82) is 0 Å². The van der Waals surface area contributed by atoms with Gasteiger partial charge in [-0.3, -0.25) is 9.59 Å². The summed E-state index contributed by atoms with van der Waals surface area (Å²) in [6, 6.07) is 11.6. The first kappa shape index (κ1) is 24.1. The number of alkyl halides is 3. The van der Waals surface area contributed by atoms with E-state index in [0.29, 0.717) is 11.6 Å². The highest BCUT2D eigenvalue weighted by molar-refractivity contribution is 6.30. The number of hydrogen-bond donors (Lipinski definition) is 3. The zero-order valence-electron chi connectivity index (χ0n) is 17.3. The van der Waals surface area contributed by atoms with E-state index < -0.39 is 17.6 Å². The van der Waals surface area contributed by atoms with Crippen molar-refractivity contribution in [1.82, 2.24) is 16.0 Å². The predicted molar refractivity (Wildman–Crippen MR) is 116 cm³/mol. The van der Waals surface area contributed by atoms with Gasteiger partial charge in [-0.1, -0.05) is 42.6 Å². The van der Waals surface area contributed by atoms with Gasteiger partial charge in [-0.2, -0.15) is 13.2 Å². The normalized spacial score (nSPS) is 18.8. The maximum atomic E-state index is 12.8. The summed E-state index contributed by atoms with van der Waals surface area (Å²) in [5.74, 6) is -1.11. The monoisotopic (exact) mass is 467 g/mol. The number of halogens is 4. The van der Waals surface area contributed by atoms with Crippen LogP contribution in [0.1, 0.15) is 47.2 Å². The number of carbonyl (C=O) groups is 2. The molecule has 1 fully saturated rings. The van der Waals surface area contributed by atoms with Gasteiger partial charge >= 0.3 is 6.18 Å². The van der Waals surface area contributed by atoms with Gasteiger partial charge in [-0.05, 0) is 48.7 Å². The van der Waals surface area contributed by atoms with E-state index in [9.17, 15) is 22.8 Å². The van der Waals surface area contributed by atoms with E-state index in [1.807, 2.05) is 24.3 Å². The quantitative estimate of drug-likeness (QED) is 0.568. The van der Waals surface area contributed by atoms with Crippen molar-refractivity contribution in [3.63, 3.8) is 0 Å². The number of benzene rings is 2. The number of carbonyl (C=O) groups excluding carboxylic acids is 2. The summed E-state index contributed by atoms with van der Waals surface area (Å²) in [6.07, 6.45) is -0.777. The van der Waals surface area contributed by atoms with E-state index in [1.54, 1.807) is 0 Å². The summed E-state index contributed by atoms with van der Waals surface area (Å²) in [7, 11) is 0. The van der Waals surface area contributed by atoms with Crippen molar-refractivity contribution >= 4 is 23.4 Å². The van der Waals surface area contributed by atoms with Crippen molar-refractivity contribution in [3.05, 3.63) is 70.2 Å². The first-order chi connectivity index (χ1) is 15.2. The summed E-state index contributed by atoms with van der Waals surface area (Å²) in [4.78, 5) is 24.6. The molecular weight excluding hydrogens is 443 g/mol. The Bertz CT molecular complexity index is 935. The summed E-state index contributed by atoms with van der Waals surface area (Å²) < 4.78 is 38.5. The molecule has 0 saturated heterocycles. The summed E-state index contributed by atoms with van der Waals surface area (Å²) in [5.41, 5.74) is 0.0256. The third-order valence-electron chi connectivity index (χ3n) is 5.46. The van der Waals surface area contributed by atoms with E-state index in [4.69, 9.17) is 11.6 Å². The summed E-state index contributed by atoms with van der Waals surface area (Å²) in [6.45, 7) is 0.329. The lowest BCUT2D eigenvalue weighted by Crippen LogP contribution is -2.53. The van der Waals surface area contributed by atoms with Gasteiger partial charge in [-0.15, -0.1) is 0 Å². The summed E-state index contributed by atoms with van der Waals surface area (Å²) >= 11 is 5.91. The highest BCUT2D eigenvalue weighted by Gasteiger charge is 2.31. The number of amides is 2. The second kappa shape index (κ2) is 10.8. The Morgan fingerprint density at radius 1 is 1.00 bits per heavy atom. The molecule has 2 amide bonds. The molecule has 0 spiro atoms. The fraction of sp³-hybridized carbons (Fsp3) is 0.391. The number of rotatable bonds is 7. The molecule has 0 heterocycles. The molecule has 3 rings (SSSR count). The van der Waals surface area contributed by atoms with E-state index in [1.165, 1.54) is 6.07 Å². The zero-order chi connectivity index (χ0) is 23.1. The lowest BCUT2D eigenvalue weighted by atomic mass is 9.90. The van der Waals surface area contributed by atoms with Crippen LogP contribution in [0, 0.1) is 0 Å². The molecule has 32 heavy (non-hydrogen) atoms. The molecule has 172 valence electrons. The molecule has 1 aliphatic carbocycles. The van der Waals surface area contributed by atoms with E-state index in [0.717, 1.165) is 49.4 Å². The molecule has 5 nitrogen and oxygen atoms in total. The van der Waals surface area contributed by atoms with Gasteiger partial charge in [0.05, 0.1) is 12.1 Å². The van der Waals surface area contributed by atoms with Gasteiger partial charge in [0, 0.05) is 29.2 Å². The maximum Gasteiger partial charge on any atom is 0.416 e. The average Bonchev–Trinajstić information content (AvgIpc) is 2.77. The number of hydrogen-bond acceptors (Lipinski definition) is 3. The second-order valence-corrected chi connectivity index (χ2v) is 8.27. The largest absolute Gasteiger partial charge is 0.416 e. The third-order valence-corrected chi connectivity index (χ3v) is 5.71. The average molecular weight is 468 g/mol. The first-order valence-corrected chi connectivity index (χ1v) is 10.8. The van der Waals surface area contributed by atoms with Crippen LogP contribution in [0.4, 0.5) is 13.2 Å². The van der Waals surface area contributed by atoms with Gasteiger partial charge in [0.2, 0.25) is 5.91 Å². The minimum absolute atomic E-state index is 0.0857. The van der Waals surface area contributed by atoms with Crippen LogP contribution in [0.2, 0.25) is 5.02 Å². The van der Waals surface area contributed by atoms with Crippen LogP contribution < -0.4 is 16.0 Å². The lowest BCUT2D eigenvalue weighted by molar-refractivity contribution is -0.137. The van der Waals surface area contributed by atoms with Crippen LogP contribution in [0.15, 0.2) is 48.5 Å². The standard InChI is InChI=1S/C23H25ClF3N3O2/c24-18-10-8-15(9-11-18)13-28-19-6-1-2-7-20(19)30-21(31)14-29-22(32)16-4-3-5-17(12-16)23(25,26)27/h3-5,8-12,19-20,28H,1-2,6-7,13-14H2,(H,29,32)(H,30,31)/t19-,20+/m0/s1. The van der Waals surface area contributed by atoms with E-state index >= 15 is 0 Å². The molecule has 0 radical (unpaired) electrons. The molecule has 0 unspecified atom stereocenters. The Balaban J connectivity index is 1.50. The van der Waals surface area contributed by atoms with Crippen LogP contribution in [-0.4, -0.2) is 30.4 Å². The highest BCUT2D eigenvalue weighted by atomic mass is 35.5. The van der Waals surface area contributed by atoms with Crippen LogP contribution in [-0.2, 0) is 17.5 Å². The second-order valence-electron chi connectivity index (χ2n) is 7.83. The Hall–Kier alpha value is -2.58. The Kier molecular flexibility index (Phi) is 8.15. The van der Waals surface area contributed by atoms with E-state index in [2.05, 4.69) is 16.0 Å². The predicted octanol–water partition coefficient (Wildman–Crippen LogP) is 4.31. The zero-order valence-corrected chi connectivity index (χ0v) is 18.1. The molecule has 2 aromatic rings. The van der Waals surface area contributed by atoms with Crippen molar-refractivity contribution in [2.45, 2.75) is 50.5 Å². The van der Waals surface area contributed by atoms with Crippen LogP contribution in [0.3, 0.4) is 0 Å². The van der Waals surface area contributed by atoms with Crippen LogP contribution in [0.5, 0.6) is 0 Å². The fourth-order valence-electron chi connectivity index (χ4n) is 3.76. The molecule has 2 aromatic carbocycles. The molecule has 3 N–H and O–H groups in total. The molecule has 0 aliphatic heterocycles. The molecule has 2 atom stereocenters. The van der Waals surface area contributed by atoms with Crippen LogP contribution in [0.25, 0.3) is 0 Å². The van der Waals surface area contributed by atoms with Crippen molar-refractivity contribution in [2.24, 2.45) is 0 Å². The van der Waals surface area contributed by atoms with Crippen molar-refractivity contribution < 1.29 is 22.8 Å². The Labute approximate surface area is 189 Å².